The van der Waals surface area contributed by atoms with Crippen LogP contribution in [0.15, 0.2) is 18.2 Å². The van der Waals surface area contributed by atoms with Gasteiger partial charge >= 0.3 is 0 Å². The minimum absolute atomic E-state index is 0.0353. The summed E-state index contributed by atoms with van der Waals surface area (Å²) in [5.41, 5.74) is 0.887. The van der Waals surface area contributed by atoms with E-state index >= 15 is 0 Å². The number of nitriles is 1. The summed E-state index contributed by atoms with van der Waals surface area (Å²) in [6, 6.07) is 6.66. The number of rotatable bonds is 5. The van der Waals surface area contributed by atoms with Gasteiger partial charge < -0.3 is 10.4 Å². The molecule has 0 aromatic heterocycles. The molecule has 1 aromatic rings. The first-order valence-corrected chi connectivity index (χ1v) is 6.64. The Balaban J connectivity index is 1.82. The molecule has 1 saturated carbocycles. The second kappa shape index (κ2) is 5.94. The monoisotopic (exact) mass is 278 g/mol. The molecule has 100 valence electrons. The van der Waals surface area contributed by atoms with Crippen LogP contribution in [0, 0.1) is 17.2 Å². The van der Waals surface area contributed by atoms with Crippen molar-refractivity contribution in [3.63, 3.8) is 0 Å². The molecule has 2 N–H and O–H groups in total. The molecule has 4 nitrogen and oxygen atoms in total. The molecule has 0 spiro atoms. The lowest BCUT2D eigenvalue weighted by molar-refractivity contribution is -0.121. The standard InChI is InChI=1S/C14H15ClN2O2/c15-11-7-9(1-5-13(11)18)2-6-14(19)17-12(8-16)10-3-4-10/h1,5,7,10,12,18H,2-4,6H2,(H,17,19)/t12-/m0/s1. The minimum atomic E-state index is -0.351. The van der Waals surface area contributed by atoms with E-state index in [1.807, 2.05) is 0 Å². The number of carbonyl (C=O) groups is 1. The van der Waals surface area contributed by atoms with E-state index in [1.54, 1.807) is 12.1 Å². The predicted molar refractivity (Wildman–Crippen MR) is 71.7 cm³/mol. The Kier molecular flexibility index (Phi) is 4.28. The van der Waals surface area contributed by atoms with Crippen molar-refractivity contribution in [3.8, 4) is 11.8 Å². The quantitative estimate of drug-likeness (QED) is 0.868. The molecule has 0 radical (unpaired) electrons. The van der Waals surface area contributed by atoms with E-state index in [0.717, 1.165) is 18.4 Å². The first-order valence-electron chi connectivity index (χ1n) is 6.26. The van der Waals surface area contributed by atoms with Gasteiger partial charge in [0, 0.05) is 6.42 Å². The van der Waals surface area contributed by atoms with Gasteiger partial charge in [0.1, 0.15) is 11.8 Å². The Morgan fingerprint density at radius 1 is 1.58 bits per heavy atom. The fourth-order valence-corrected chi connectivity index (χ4v) is 2.10. The van der Waals surface area contributed by atoms with Crippen LogP contribution in [-0.4, -0.2) is 17.1 Å². The summed E-state index contributed by atoms with van der Waals surface area (Å²) in [5.74, 6) is 0.243. The Bertz CT molecular complexity index is 521. The van der Waals surface area contributed by atoms with E-state index in [2.05, 4.69) is 11.4 Å². The zero-order chi connectivity index (χ0) is 13.8. The molecule has 1 aliphatic rings. The number of carbonyl (C=O) groups excluding carboxylic acids is 1. The molecule has 0 unspecified atom stereocenters. The van der Waals surface area contributed by atoms with Crippen LogP contribution in [0.3, 0.4) is 0 Å². The van der Waals surface area contributed by atoms with Crippen molar-refractivity contribution in [3.05, 3.63) is 28.8 Å². The summed E-state index contributed by atoms with van der Waals surface area (Å²) in [7, 11) is 0. The van der Waals surface area contributed by atoms with Crippen LogP contribution in [0.5, 0.6) is 5.75 Å². The lowest BCUT2D eigenvalue weighted by Gasteiger charge is -2.10. The number of amides is 1. The van der Waals surface area contributed by atoms with Crippen molar-refractivity contribution in [1.82, 2.24) is 5.32 Å². The zero-order valence-electron chi connectivity index (χ0n) is 10.4. The second-order valence-corrected chi connectivity index (χ2v) is 5.20. The highest BCUT2D eigenvalue weighted by Gasteiger charge is 2.32. The number of benzene rings is 1. The molecule has 1 amide bonds. The highest BCUT2D eigenvalue weighted by Crippen LogP contribution is 2.32. The molecular weight excluding hydrogens is 264 g/mol. The highest BCUT2D eigenvalue weighted by molar-refractivity contribution is 6.32. The number of phenols is 1. The summed E-state index contributed by atoms with van der Waals surface area (Å²) in [6.07, 6.45) is 2.89. The molecule has 2 rings (SSSR count). The van der Waals surface area contributed by atoms with Gasteiger partial charge in [0.15, 0.2) is 0 Å². The van der Waals surface area contributed by atoms with Gasteiger partial charge in [-0.2, -0.15) is 5.26 Å². The lowest BCUT2D eigenvalue weighted by atomic mass is 10.1. The summed E-state index contributed by atoms with van der Waals surface area (Å²) in [6.45, 7) is 0. The molecule has 1 atom stereocenters. The van der Waals surface area contributed by atoms with Gasteiger partial charge in [-0.3, -0.25) is 4.79 Å². The molecule has 5 heteroatoms. The zero-order valence-corrected chi connectivity index (χ0v) is 11.2. The van der Waals surface area contributed by atoms with E-state index in [0.29, 0.717) is 18.8 Å². The maximum absolute atomic E-state index is 11.7. The first kappa shape index (κ1) is 13.7. The van der Waals surface area contributed by atoms with E-state index in [-0.39, 0.29) is 22.7 Å². The molecule has 19 heavy (non-hydrogen) atoms. The van der Waals surface area contributed by atoms with Crippen molar-refractivity contribution >= 4 is 17.5 Å². The smallest absolute Gasteiger partial charge is 0.221 e. The van der Waals surface area contributed by atoms with Crippen LogP contribution in [0.25, 0.3) is 0 Å². The van der Waals surface area contributed by atoms with E-state index in [4.69, 9.17) is 16.9 Å². The van der Waals surface area contributed by atoms with Crippen molar-refractivity contribution in [2.24, 2.45) is 5.92 Å². The van der Waals surface area contributed by atoms with Crippen molar-refractivity contribution < 1.29 is 9.90 Å². The van der Waals surface area contributed by atoms with E-state index in [1.165, 1.54) is 6.07 Å². The van der Waals surface area contributed by atoms with Crippen molar-refractivity contribution in [2.75, 3.05) is 0 Å². The van der Waals surface area contributed by atoms with Crippen molar-refractivity contribution in [2.45, 2.75) is 31.7 Å². The third-order valence-corrected chi connectivity index (χ3v) is 3.50. The highest BCUT2D eigenvalue weighted by atomic mass is 35.5. The van der Waals surface area contributed by atoms with Gasteiger partial charge in [-0.25, -0.2) is 0 Å². The maximum atomic E-state index is 11.7. The van der Waals surface area contributed by atoms with Crippen LogP contribution in [0.1, 0.15) is 24.8 Å². The van der Waals surface area contributed by atoms with Gasteiger partial charge in [0.25, 0.3) is 0 Å². The summed E-state index contributed by atoms with van der Waals surface area (Å²) >= 11 is 5.79. The number of phenolic OH excluding ortho intramolecular Hbond substituents is 1. The average molecular weight is 279 g/mol. The normalized spacial score (nSPS) is 15.6. The molecule has 1 fully saturated rings. The molecule has 0 heterocycles. The Morgan fingerprint density at radius 2 is 2.32 bits per heavy atom. The average Bonchev–Trinajstić information content (AvgIpc) is 3.21. The number of aryl methyl sites for hydroxylation is 1. The third kappa shape index (κ3) is 3.87. The van der Waals surface area contributed by atoms with E-state index < -0.39 is 0 Å². The minimum Gasteiger partial charge on any atom is -0.506 e. The lowest BCUT2D eigenvalue weighted by Crippen LogP contribution is -2.35. The Hall–Kier alpha value is -1.73. The van der Waals surface area contributed by atoms with Crippen LogP contribution < -0.4 is 5.32 Å². The largest absolute Gasteiger partial charge is 0.506 e. The molecule has 0 saturated heterocycles. The predicted octanol–water partition coefficient (Wildman–Crippen LogP) is 2.40. The number of hydrogen-bond donors (Lipinski definition) is 2. The van der Waals surface area contributed by atoms with Crippen LogP contribution in [-0.2, 0) is 11.2 Å². The molecular formula is C14H15ClN2O2. The number of halogens is 1. The van der Waals surface area contributed by atoms with Crippen LogP contribution in [0.4, 0.5) is 0 Å². The third-order valence-electron chi connectivity index (χ3n) is 3.20. The SMILES string of the molecule is N#C[C@H](NC(=O)CCc1ccc(O)c(Cl)c1)C1CC1. The summed E-state index contributed by atoms with van der Waals surface area (Å²) in [5, 5.41) is 21.2. The molecule has 0 aliphatic heterocycles. The maximum Gasteiger partial charge on any atom is 0.221 e. The van der Waals surface area contributed by atoms with Gasteiger partial charge in [-0.15, -0.1) is 0 Å². The topological polar surface area (TPSA) is 73.1 Å². The number of nitrogens with one attached hydrogen (secondary N) is 1. The Labute approximate surface area is 117 Å². The summed E-state index contributed by atoms with van der Waals surface area (Å²) in [4.78, 5) is 11.7. The second-order valence-electron chi connectivity index (χ2n) is 4.80. The van der Waals surface area contributed by atoms with Crippen LogP contribution in [0.2, 0.25) is 5.02 Å². The first-order chi connectivity index (χ1) is 9.10. The summed E-state index contributed by atoms with van der Waals surface area (Å²) < 4.78 is 0. The van der Waals surface area contributed by atoms with Gasteiger partial charge in [-0.05, 0) is 42.9 Å². The van der Waals surface area contributed by atoms with Gasteiger partial charge in [0.05, 0.1) is 11.1 Å². The Morgan fingerprint density at radius 3 is 2.89 bits per heavy atom. The van der Waals surface area contributed by atoms with Crippen LogP contribution >= 0.6 is 11.6 Å². The molecule has 0 bridgehead atoms. The fourth-order valence-electron chi connectivity index (χ4n) is 1.89. The van der Waals surface area contributed by atoms with Gasteiger partial charge in [0.2, 0.25) is 5.91 Å². The van der Waals surface area contributed by atoms with Crippen molar-refractivity contribution in [1.29, 1.82) is 5.26 Å². The van der Waals surface area contributed by atoms with Gasteiger partial charge in [-0.1, -0.05) is 17.7 Å². The number of hydrogen-bond acceptors (Lipinski definition) is 3. The molecule has 1 aromatic carbocycles. The number of aromatic hydroxyl groups is 1. The van der Waals surface area contributed by atoms with E-state index in [9.17, 15) is 9.90 Å². The molecule has 1 aliphatic carbocycles. The fraction of sp³-hybridized carbons (Fsp3) is 0.429. The number of nitrogens with zero attached hydrogens (tertiary/aromatic N) is 1.